The van der Waals surface area contributed by atoms with E-state index in [1.165, 1.54) is 6.42 Å². The van der Waals surface area contributed by atoms with Crippen LogP contribution >= 0.6 is 0 Å². The van der Waals surface area contributed by atoms with Gasteiger partial charge in [0.05, 0.1) is 24.4 Å². The second-order valence-corrected chi connectivity index (χ2v) is 18.9. The number of hydrogen-bond acceptors (Lipinski definition) is 10. The smallest absolute Gasteiger partial charge is 0.199 e. The minimum atomic E-state index is -1.45. The van der Waals surface area contributed by atoms with Crippen LogP contribution in [-0.4, -0.2) is 106 Å². The summed E-state index contributed by atoms with van der Waals surface area (Å²) in [5.41, 5.74) is -0.947. The van der Waals surface area contributed by atoms with Crippen LogP contribution in [-0.2, 0) is 23.7 Å². The zero-order valence-corrected chi connectivity index (χ0v) is 29.6. The minimum Gasteiger partial charge on any atom is -0.394 e. The van der Waals surface area contributed by atoms with Crippen molar-refractivity contribution < 1.29 is 49.2 Å². The van der Waals surface area contributed by atoms with Crippen molar-refractivity contribution in [2.75, 3.05) is 13.7 Å². The summed E-state index contributed by atoms with van der Waals surface area (Å²) in [5, 5.41) is 54.0. The zero-order chi connectivity index (χ0) is 33.9. The average molecular weight is 665 g/mol. The van der Waals surface area contributed by atoms with E-state index in [4.69, 9.17) is 23.7 Å². The van der Waals surface area contributed by atoms with Gasteiger partial charge in [-0.2, -0.15) is 0 Å². The summed E-state index contributed by atoms with van der Waals surface area (Å²) in [6, 6.07) is 0. The fourth-order valence-electron chi connectivity index (χ4n) is 14.4. The monoisotopic (exact) mass is 664 g/mol. The highest BCUT2D eigenvalue weighted by Gasteiger charge is 2.88. The molecule has 2 bridgehead atoms. The lowest BCUT2D eigenvalue weighted by Crippen LogP contribution is -2.62. The molecule has 8 fully saturated rings. The summed E-state index contributed by atoms with van der Waals surface area (Å²) in [5.74, 6) is 0.197. The Morgan fingerprint density at radius 1 is 0.851 bits per heavy atom. The highest BCUT2D eigenvalue weighted by Crippen LogP contribution is 2.90. The van der Waals surface area contributed by atoms with Crippen LogP contribution < -0.4 is 0 Å². The molecule has 0 aromatic heterocycles. The van der Waals surface area contributed by atoms with Gasteiger partial charge >= 0.3 is 0 Å². The van der Waals surface area contributed by atoms with Gasteiger partial charge in [0.15, 0.2) is 12.1 Å². The minimum absolute atomic E-state index is 0.102. The van der Waals surface area contributed by atoms with E-state index in [-0.39, 0.29) is 51.3 Å². The molecule has 8 rings (SSSR count). The summed E-state index contributed by atoms with van der Waals surface area (Å²) in [7, 11) is 1.73. The number of hydrogen-bond donors (Lipinski definition) is 5. The summed E-state index contributed by atoms with van der Waals surface area (Å²) in [6.45, 7) is 15.4. The fourth-order valence-corrected chi connectivity index (χ4v) is 14.4. The molecule has 0 aromatic carbocycles. The molecule has 5 aliphatic carbocycles. The van der Waals surface area contributed by atoms with Gasteiger partial charge < -0.3 is 49.2 Å². The van der Waals surface area contributed by atoms with E-state index in [2.05, 4.69) is 48.5 Å². The van der Waals surface area contributed by atoms with Crippen LogP contribution in [0.3, 0.4) is 0 Å². The Kier molecular flexibility index (Phi) is 7.27. The quantitative estimate of drug-likeness (QED) is 0.278. The van der Waals surface area contributed by atoms with Crippen molar-refractivity contribution in [2.45, 2.75) is 166 Å². The molecule has 0 amide bonds. The van der Waals surface area contributed by atoms with Crippen LogP contribution in [0.25, 0.3) is 0 Å². The van der Waals surface area contributed by atoms with E-state index in [9.17, 15) is 25.5 Å². The Balaban J connectivity index is 1.08. The molecule has 18 unspecified atom stereocenters. The van der Waals surface area contributed by atoms with Crippen LogP contribution in [0.2, 0.25) is 0 Å². The molecular formula is C37H60O10. The molecular weight excluding hydrogens is 604 g/mol. The molecule has 3 heterocycles. The van der Waals surface area contributed by atoms with Gasteiger partial charge in [0.2, 0.25) is 0 Å². The second kappa shape index (κ2) is 10.1. The van der Waals surface area contributed by atoms with E-state index in [0.717, 1.165) is 44.9 Å². The van der Waals surface area contributed by atoms with Crippen molar-refractivity contribution in [1.82, 2.24) is 0 Å². The molecule has 10 heteroatoms. The van der Waals surface area contributed by atoms with Gasteiger partial charge in [-0.3, -0.25) is 0 Å². The molecule has 0 radical (unpaired) electrons. The second-order valence-electron chi connectivity index (χ2n) is 18.9. The molecule has 3 aliphatic heterocycles. The molecule has 268 valence electrons. The number of ether oxygens (including phenoxy) is 5. The van der Waals surface area contributed by atoms with E-state index in [0.29, 0.717) is 17.8 Å². The predicted octanol–water partition coefficient (Wildman–Crippen LogP) is 3.14. The Hall–Kier alpha value is -0.400. The maximum absolute atomic E-state index is 12.8. The fraction of sp³-hybridized carbons (Fsp3) is 1.00. The van der Waals surface area contributed by atoms with E-state index >= 15 is 0 Å². The van der Waals surface area contributed by atoms with Gasteiger partial charge in [0.25, 0.3) is 0 Å². The third kappa shape index (κ3) is 3.82. The Morgan fingerprint density at radius 2 is 1.53 bits per heavy atom. The maximum atomic E-state index is 12.8. The topological polar surface area (TPSA) is 147 Å². The predicted molar refractivity (Wildman–Crippen MR) is 170 cm³/mol. The van der Waals surface area contributed by atoms with E-state index in [1.807, 2.05) is 0 Å². The molecule has 0 aromatic rings. The first-order valence-corrected chi connectivity index (χ1v) is 18.5. The summed E-state index contributed by atoms with van der Waals surface area (Å²) in [6.07, 6.45) is 0.485. The first-order chi connectivity index (χ1) is 21.9. The molecule has 47 heavy (non-hydrogen) atoms. The van der Waals surface area contributed by atoms with Gasteiger partial charge in [-0.15, -0.1) is 0 Å². The van der Waals surface area contributed by atoms with Crippen molar-refractivity contribution in [3.63, 3.8) is 0 Å². The molecule has 8 aliphatic rings. The van der Waals surface area contributed by atoms with Gasteiger partial charge in [-0.25, -0.2) is 0 Å². The van der Waals surface area contributed by atoms with Gasteiger partial charge in [-0.05, 0) is 105 Å². The normalized spacial score (nSPS) is 60.6. The number of fused-ring (bicyclic) bond motifs is 4. The van der Waals surface area contributed by atoms with Crippen LogP contribution in [0.1, 0.15) is 99.8 Å². The van der Waals surface area contributed by atoms with E-state index in [1.54, 1.807) is 7.11 Å². The lowest BCUT2D eigenvalue weighted by molar-refractivity contribution is -0.326. The highest BCUT2D eigenvalue weighted by atomic mass is 16.8. The number of methoxy groups -OCH3 is 1. The standard InChI is InChI=1S/C37H60O10/c1-18-15-19-28(32(4,5)43-8)47-37(46-19)27(18)33(6)13-14-36-17-35(36)12-11-23(45-29-26(41)25(40)24(39)20(16-38)44-29)31(2,3)21(35)9-10-22(36)34(33,7)30(37)42/h18-30,38-42H,9-17H2,1-8H3. The zero-order valence-electron chi connectivity index (χ0n) is 29.6. The third-order valence-electron chi connectivity index (χ3n) is 16.8. The van der Waals surface area contributed by atoms with Crippen LogP contribution in [0, 0.1) is 50.7 Å². The molecule has 5 N–H and O–H groups in total. The number of rotatable bonds is 5. The lowest BCUT2D eigenvalue weighted by atomic mass is 9.41. The van der Waals surface area contributed by atoms with Crippen molar-refractivity contribution in [3.05, 3.63) is 0 Å². The first-order valence-electron chi connectivity index (χ1n) is 18.5. The van der Waals surface area contributed by atoms with Gasteiger partial charge in [-0.1, -0.05) is 34.6 Å². The average Bonchev–Trinajstić information content (AvgIpc) is 3.54. The van der Waals surface area contributed by atoms with Gasteiger partial charge in [0, 0.05) is 18.4 Å². The van der Waals surface area contributed by atoms with Crippen molar-refractivity contribution >= 4 is 0 Å². The molecule has 10 nitrogen and oxygen atoms in total. The summed E-state index contributed by atoms with van der Waals surface area (Å²) in [4.78, 5) is 0. The number of aliphatic hydroxyl groups is 5. The van der Waals surface area contributed by atoms with E-state index < -0.39 is 54.8 Å². The van der Waals surface area contributed by atoms with Crippen LogP contribution in [0.15, 0.2) is 0 Å². The lowest BCUT2D eigenvalue weighted by Gasteiger charge is -2.63. The van der Waals surface area contributed by atoms with Crippen molar-refractivity contribution in [1.29, 1.82) is 0 Å². The highest BCUT2D eigenvalue weighted by molar-refractivity contribution is 5.34. The molecule has 18 atom stereocenters. The number of aliphatic hydroxyl groups excluding tert-OH is 5. The first kappa shape index (κ1) is 33.7. The summed E-state index contributed by atoms with van der Waals surface area (Å²) < 4.78 is 32.2. The molecule has 3 spiro atoms. The van der Waals surface area contributed by atoms with Crippen LogP contribution in [0.4, 0.5) is 0 Å². The van der Waals surface area contributed by atoms with Gasteiger partial charge in [0.1, 0.15) is 36.6 Å². The Morgan fingerprint density at radius 3 is 2.21 bits per heavy atom. The van der Waals surface area contributed by atoms with Crippen LogP contribution in [0.5, 0.6) is 0 Å². The largest absolute Gasteiger partial charge is 0.394 e. The third-order valence-corrected chi connectivity index (χ3v) is 16.8. The maximum Gasteiger partial charge on any atom is 0.199 e. The molecule has 3 saturated heterocycles. The van der Waals surface area contributed by atoms with Crippen molar-refractivity contribution in [3.8, 4) is 0 Å². The Labute approximate surface area is 279 Å². The summed E-state index contributed by atoms with van der Waals surface area (Å²) >= 11 is 0. The molecule has 5 saturated carbocycles. The SMILES string of the molecule is COC(C)(C)C1OC23OC1CC(C)C2C1(C)CCC24CC25CCC(OC2OC(CO)C(O)C(O)C2O)C(C)(C)C5CCC4C1(C)C3O. The Bertz CT molecular complexity index is 1270. The van der Waals surface area contributed by atoms with Crippen molar-refractivity contribution in [2.24, 2.45) is 50.7 Å².